The highest BCUT2D eigenvalue weighted by Crippen LogP contribution is 2.29. The van der Waals surface area contributed by atoms with Crippen molar-refractivity contribution in [2.45, 2.75) is 54.6 Å². The van der Waals surface area contributed by atoms with Crippen LogP contribution in [0.5, 0.6) is 0 Å². The first-order valence-electron chi connectivity index (χ1n) is 11.4. The SMILES string of the molecule is O=C(NO)C1CC(S(=O)(=O)c2ccc(N3CCC(OCc4ccc(F)cc4)CC3)cc2)CCO1. The lowest BCUT2D eigenvalue weighted by atomic mass is 10.1. The maximum Gasteiger partial charge on any atom is 0.272 e. The number of benzene rings is 2. The molecule has 8 nitrogen and oxygen atoms in total. The van der Waals surface area contributed by atoms with Crippen molar-refractivity contribution in [1.29, 1.82) is 0 Å². The Morgan fingerprint density at radius 3 is 2.41 bits per heavy atom. The second-order valence-corrected chi connectivity index (χ2v) is 10.9. The van der Waals surface area contributed by atoms with Gasteiger partial charge in [-0.2, -0.15) is 0 Å². The Kier molecular flexibility index (Phi) is 7.82. The number of hydrogen-bond donors (Lipinski definition) is 2. The molecule has 0 bridgehead atoms. The molecule has 2 heterocycles. The molecule has 2 saturated heterocycles. The number of sulfone groups is 1. The van der Waals surface area contributed by atoms with Gasteiger partial charge < -0.3 is 14.4 Å². The molecule has 0 radical (unpaired) electrons. The molecule has 10 heteroatoms. The molecule has 34 heavy (non-hydrogen) atoms. The molecule has 2 aliphatic rings. The smallest absolute Gasteiger partial charge is 0.272 e. The van der Waals surface area contributed by atoms with E-state index in [4.69, 9.17) is 14.7 Å². The number of hydrogen-bond acceptors (Lipinski definition) is 7. The number of amides is 1. The van der Waals surface area contributed by atoms with Crippen molar-refractivity contribution >= 4 is 21.4 Å². The van der Waals surface area contributed by atoms with Gasteiger partial charge >= 0.3 is 0 Å². The molecule has 1 amide bonds. The highest BCUT2D eigenvalue weighted by atomic mass is 32.2. The molecule has 4 rings (SSSR count). The first kappa shape index (κ1) is 24.6. The van der Waals surface area contributed by atoms with Crippen LogP contribution < -0.4 is 10.4 Å². The van der Waals surface area contributed by atoms with E-state index < -0.39 is 27.1 Å². The minimum atomic E-state index is -3.63. The summed E-state index contributed by atoms with van der Waals surface area (Å²) in [5.74, 6) is -0.998. The van der Waals surface area contributed by atoms with Crippen LogP contribution in [0.1, 0.15) is 31.2 Å². The van der Waals surface area contributed by atoms with Gasteiger partial charge in [0.25, 0.3) is 5.91 Å². The third-order valence-electron chi connectivity index (χ3n) is 6.45. The van der Waals surface area contributed by atoms with Gasteiger partial charge in [0.2, 0.25) is 0 Å². The van der Waals surface area contributed by atoms with Crippen molar-refractivity contribution in [1.82, 2.24) is 5.48 Å². The molecule has 2 aliphatic heterocycles. The van der Waals surface area contributed by atoms with Crippen LogP contribution in [-0.4, -0.2) is 56.7 Å². The fraction of sp³-hybridized carbons (Fsp3) is 0.458. The Hall–Kier alpha value is -2.53. The predicted molar refractivity (Wildman–Crippen MR) is 123 cm³/mol. The minimum Gasteiger partial charge on any atom is -0.373 e. The van der Waals surface area contributed by atoms with Gasteiger partial charge in [-0.25, -0.2) is 18.3 Å². The van der Waals surface area contributed by atoms with Crippen molar-refractivity contribution in [3.8, 4) is 0 Å². The molecule has 0 aliphatic carbocycles. The molecule has 184 valence electrons. The summed E-state index contributed by atoms with van der Waals surface area (Å²) < 4.78 is 50.4. The van der Waals surface area contributed by atoms with Crippen LogP contribution in [0.4, 0.5) is 10.1 Å². The fourth-order valence-corrected chi connectivity index (χ4v) is 6.15. The maximum atomic E-state index is 13.1. The van der Waals surface area contributed by atoms with Crippen LogP contribution in [0.25, 0.3) is 0 Å². The van der Waals surface area contributed by atoms with Crippen LogP contribution in [0.3, 0.4) is 0 Å². The number of ether oxygens (including phenoxy) is 2. The molecule has 0 spiro atoms. The minimum absolute atomic E-state index is 0.00190. The monoisotopic (exact) mass is 492 g/mol. The lowest BCUT2D eigenvalue weighted by molar-refractivity contribution is -0.143. The Balaban J connectivity index is 1.31. The second kappa shape index (κ2) is 10.8. The van der Waals surface area contributed by atoms with E-state index in [-0.39, 0.29) is 29.8 Å². The van der Waals surface area contributed by atoms with E-state index in [1.54, 1.807) is 24.3 Å². The lowest BCUT2D eigenvalue weighted by Crippen LogP contribution is -2.43. The van der Waals surface area contributed by atoms with Gasteiger partial charge in [-0.15, -0.1) is 0 Å². The Labute approximate surface area is 198 Å². The number of anilines is 1. The van der Waals surface area contributed by atoms with Gasteiger partial charge in [-0.3, -0.25) is 10.0 Å². The third kappa shape index (κ3) is 5.75. The Morgan fingerprint density at radius 1 is 1.09 bits per heavy atom. The van der Waals surface area contributed by atoms with Crippen molar-refractivity contribution in [3.05, 3.63) is 59.9 Å². The first-order chi connectivity index (χ1) is 16.4. The molecule has 2 atom stereocenters. The summed E-state index contributed by atoms with van der Waals surface area (Å²) >= 11 is 0. The largest absolute Gasteiger partial charge is 0.373 e. The van der Waals surface area contributed by atoms with Gasteiger partial charge in [0, 0.05) is 25.4 Å². The molecule has 0 saturated carbocycles. The van der Waals surface area contributed by atoms with Crippen LogP contribution >= 0.6 is 0 Å². The summed E-state index contributed by atoms with van der Waals surface area (Å²) in [6, 6.07) is 13.1. The normalized spacial score (nSPS) is 21.9. The van der Waals surface area contributed by atoms with Crippen molar-refractivity contribution in [2.75, 3.05) is 24.6 Å². The van der Waals surface area contributed by atoms with E-state index in [1.165, 1.54) is 17.6 Å². The average molecular weight is 493 g/mol. The quantitative estimate of drug-likeness (QED) is 0.452. The fourth-order valence-electron chi connectivity index (χ4n) is 4.42. The zero-order chi connectivity index (χ0) is 24.1. The number of piperidine rings is 1. The maximum absolute atomic E-state index is 13.1. The zero-order valence-corrected chi connectivity index (χ0v) is 19.5. The molecule has 2 aromatic rings. The highest BCUT2D eigenvalue weighted by molar-refractivity contribution is 7.92. The predicted octanol–water partition coefficient (Wildman–Crippen LogP) is 2.84. The number of halogens is 1. The summed E-state index contributed by atoms with van der Waals surface area (Å²) in [5, 5.41) is 8.05. The second-order valence-electron chi connectivity index (χ2n) is 8.64. The van der Waals surface area contributed by atoms with Crippen LogP contribution in [0, 0.1) is 5.82 Å². The number of nitrogens with one attached hydrogen (secondary N) is 1. The summed E-state index contributed by atoms with van der Waals surface area (Å²) in [6.07, 6.45) is 1.13. The number of carbonyl (C=O) groups excluding carboxylic acids is 1. The lowest BCUT2D eigenvalue weighted by Gasteiger charge is -2.33. The average Bonchev–Trinajstić information content (AvgIpc) is 2.88. The highest BCUT2D eigenvalue weighted by Gasteiger charge is 2.36. The summed E-state index contributed by atoms with van der Waals surface area (Å²) in [4.78, 5) is 14.0. The van der Waals surface area contributed by atoms with Crippen molar-refractivity contribution < 1.29 is 32.3 Å². The van der Waals surface area contributed by atoms with Gasteiger partial charge in [-0.1, -0.05) is 12.1 Å². The molecular weight excluding hydrogens is 463 g/mol. The molecule has 2 unspecified atom stereocenters. The standard InChI is InChI=1S/C24H29FN2O6S/c25-18-3-1-17(2-4-18)16-33-20-9-12-27(13-10-20)19-5-7-21(8-6-19)34(30,31)22-11-14-32-23(15-22)24(28)26-29/h1-8,20,22-23,29H,9-16H2,(H,26,28). The van der Waals surface area contributed by atoms with E-state index in [0.717, 1.165) is 37.2 Å². The molecular formula is C24H29FN2O6S. The van der Waals surface area contributed by atoms with Crippen molar-refractivity contribution in [2.24, 2.45) is 0 Å². The van der Waals surface area contributed by atoms with E-state index in [9.17, 15) is 17.6 Å². The number of rotatable bonds is 7. The number of hydroxylamine groups is 1. The first-order valence-corrected chi connectivity index (χ1v) is 12.9. The van der Waals surface area contributed by atoms with E-state index in [2.05, 4.69) is 4.90 Å². The van der Waals surface area contributed by atoms with Gasteiger partial charge in [0.05, 0.1) is 22.9 Å². The van der Waals surface area contributed by atoms with Crippen LogP contribution in [0.2, 0.25) is 0 Å². The van der Waals surface area contributed by atoms with Crippen LogP contribution in [-0.2, 0) is 30.7 Å². The van der Waals surface area contributed by atoms with Gasteiger partial charge in [-0.05, 0) is 67.6 Å². The van der Waals surface area contributed by atoms with Gasteiger partial charge in [0.1, 0.15) is 11.9 Å². The summed E-state index contributed by atoms with van der Waals surface area (Å²) in [6.45, 7) is 2.17. The van der Waals surface area contributed by atoms with E-state index >= 15 is 0 Å². The summed E-state index contributed by atoms with van der Waals surface area (Å²) in [7, 11) is -3.63. The zero-order valence-electron chi connectivity index (χ0n) is 18.7. The van der Waals surface area contributed by atoms with E-state index in [0.29, 0.717) is 13.0 Å². The Morgan fingerprint density at radius 2 is 1.76 bits per heavy atom. The number of nitrogens with zero attached hydrogens (tertiary/aromatic N) is 1. The molecule has 2 N–H and O–H groups in total. The van der Waals surface area contributed by atoms with E-state index in [1.807, 2.05) is 12.1 Å². The van der Waals surface area contributed by atoms with Crippen LogP contribution in [0.15, 0.2) is 53.4 Å². The number of carbonyl (C=O) groups is 1. The van der Waals surface area contributed by atoms with Crippen molar-refractivity contribution in [3.63, 3.8) is 0 Å². The third-order valence-corrected chi connectivity index (χ3v) is 8.68. The Bertz CT molecular complexity index is 1070. The molecule has 0 aromatic heterocycles. The van der Waals surface area contributed by atoms with Gasteiger partial charge in [0.15, 0.2) is 9.84 Å². The molecule has 2 fully saturated rings. The topological polar surface area (TPSA) is 105 Å². The summed E-state index contributed by atoms with van der Waals surface area (Å²) in [5.41, 5.74) is 3.41. The molecule has 2 aromatic carbocycles.